The molecule has 1 rings (SSSR count). The number of hydrogen-bond acceptors (Lipinski definition) is 13. The normalized spacial score (nSPS) is 12.4. The lowest BCUT2D eigenvalue weighted by atomic mass is 10.0. The fourth-order valence-electron chi connectivity index (χ4n) is 4.72. The molecule has 0 radical (unpaired) electrons. The fraction of sp³-hybridized carbons (Fsp3) is 0.629. The molecule has 0 saturated carbocycles. The summed E-state index contributed by atoms with van der Waals surface area (Å²) in [5.41, 5.74) is 34.2. The Morgan fingerprint density at radius 2 is 0.707 bits per heavy atom. The lowest BCUT2D eigenvalue weighted by molar-refractivity contribution is -0.192. The molecule has 19 N–H and O–H groups in total. The zero-order valence-corrected chi connectivity index (χ0v) is 32.6. The maximum Gasteiger partial charge on any atom is 0.490 e. The van der Waals surface area contributed by atoms with Gasteiger partial charge in [0.25, 0.3) is 17.7 Å². The number of carbonyl (C=O) groups excluding carboxylic acids is 6. The number of aliphatic carboxylic acids is 1. The predicted octanol–water partition coefficient (Wildman–Crippen LogP) is -2.77. The number of alkyl halides is 3. The van der Waals surface area contributed by atoms with E-state index in [0.717, 1.165) is 38.5 Å². The zero-order chi connectivity index (χ0) is 44.1. The summed E-state index contributed by atoms with van der Waals surface area (Å²) < 4.78 is 31.7. The molecule has 23 heteroatoms. The zero-order valence-electron chi connectivity index (χ0n) is 32.6. The average molecular weight is 835 g/mol. The van der Waals surface area contributed by atoms with E-state index >= 15 is 0 Å². The van der Waals surface area contributed by atoms with Crippen molar-refractivity contribution >= 4 is 41.4 Å². The van der Waals surface area contributed by atoms with Crippen LogP contribution in [0.5, 0.6) is 0 Å². The molecule has 6 amide bonds. The highest BCUT2D eigenvalue weighted by Crippen LogP contribution is 2.13. The van der Waals surface area contributed by atoms with Gasteiger partial charge < -0.3 is 71.4 Å². The molecular formula is C35H61F3N12O8. The molecule has 0 heterocycles. The largest absolute Gasteiger partial charge is 0.490 e. The van der Waals surface area contributed by atoms with E-state index in [1.54, 1.807) is 0 Å². The van der Waals surface area contributed by atoms with Gasteiger partial charge in [-0.15, -0.1) is 0 Å². The Bertz CT molecular complexity index is 1300. The molecule has 0 spiro atoms. The topological polar surface area (TPSA) is 368 Å². The molecule has 1 aromatic carbocycles. The van der Waals surface area contributed by atoms with Crippen LogP contribution in [0.1, 0.15) is 88.9 Å². The van der Waals surface area contributed by atoms with Crippen LogP contribution in [0.15, 0.2) is 18.2 Å². The molecule has 3 atom stereocenters. The lowest BCUT2D eigenvalue weighted by Crippen LogP contribution is -2.44. The summed E-state index contributed by atoms with van der Waals surface area (Å²) in [6.45, 7) is 2.02. The maximum atomic E-state index is 13.1. The number of benzene rings is 1. The van der Waals surface area contributed by atoms with Crippen LogP contribution in [-0.4, -0.2) is 130 Å². The molecule has 1 aromatic rings. The first kappa shape index (κ1) is 53.1. The molecule has 0 fully saturated rings. The van der Waals surface area contributed by atoms with Gasteiger partial charge in [-0.1, -0.05) is 19.3 Å². The summed E-state index contributed by atoms with van der Waals surface area (Å²) in [7, 11) is 0. The summed E-state index contributed by atoms with van der Waals surface area (Å²) in [6.07, 6.45) is 0.817. The van der Waals surface area contributed by atoms with Crippen LogP contribution in [0.25, 0.3) is 0 Å². The van der Waals surface area contributed by atoms with Crippen molar-refractivity contribution in [1.29, 1.82) is 0 Å². The summed E-state index contributed by atoms with van der Waals surface area (Å²) in [5.74, 6) is -5.59. The van der Waals surface area contributed by atoms with Crippen molar-refractivity contribution in [3.8, 4) is 0 Å². The van der Waals surface area contributed by atoms with Crippen LogP contribution in [0.3, 0.4) is 0 Å². The number of nitrogens with two attached hydrogens (primary N) is 6. The molecule has 0 aromatic heterocycles. The van der Waals surface area contributed by atoms with Gasteiger partial charge in [-0.3, -0.25) is 28.8 Å². The van der Waals surface area contributed by atoms with Gasteiger partial charge in [0.15, 0.2) is 0 Å². The first-order valence-electron chi connectivity index (χ1n) is 18.9. The van der Waals surface area contributed by atoms with Gasteiger partial charge >= 0.3 is 12.1 Å². The van der Waals surface area contributed by atoms with Crippen molar-refractivity contribution in [2.24, 2.45) is 34.4 Å². The van der Waals surface area contributed by atoms with Crippen LogP contribution in [0.2, 0.25) is 0 Å². The second kappa shape index (κ2) is 30.2. The van der Waals surface area contributed by atoms with Crippen LogP contribution >= 0.6 is 0 Å². The van der Waals surface area contributed by atoms with Crippen LogP contribution in [0.4, 0.5) is 13.2 Å². The van der Waals surface area contributed by atoms with Crippen molar-refractivity contribution in [2.75, 3.05) is 58.9 Å². The van der Waals surface area contributed by atoms with E-state index in [2.05, 4.69) is 31.9 Å². The summed E-state index contributed by atoms with van der Waals surface area (Å²) in [4.78, 5) is 84.8. The number of amides is 6. The van der Waals surface area contributed by atoms with E-state index in [1.165, 1.54) is 18.2 Å². The van der Waals surface area contributed by atoms with E-state index in [-0.39, 0.29) is 73.7 Å². The van der Waals surface area contributed by atoms with Gasteiger partial charge in [0, 0.05) is 56.0 Å². The molecule has 330 valence electrons. The minimum atomic E-state index is -5.08. The minimum Gasteiger partial charge on any atom is -0.475 e. The van der Waals surface area contributed by atoms with E-state index in [9.17, 15) is 41.9 Å². The van der Waals surface area contributed by atoms with Crippen molar-refractivity contribution < 1.29 is 51.8 Å². The van der Waals surface area contributed by atoms with Gasteiger partial charge in [0.2, 0.25) is 17.7 Å². The Balaban J connectivity index is 0.00000422. The van der Waals surface area contributed by atoms with Gasteiger partial charge in [0.1, 0.15) is 0 Å². The number of unbranched alkanes of at least 4 members (excludes halogenated alkanes) is 3. The van der Waals surface area contributed by atoms with E-state index in [4.69, 9.17) is 44.3 Å². The molecule has 3 unspecified atom stereocenters. The SMILES string of the molecule is NCCCCC(N)C(=O)NCCNC(=O)c1cc(C(=O)NCCNC(=O)C(N)CCCCN)cc(C(=O)NCCNC(=O)C(N)CCCCN)c1.O=C(O)C(F)(F)F. The van der Waals surface area contributed by atoms with Gasteiger partial charge in [-0.25, -0.2) is 4.79 Å². The maximum absolute atomic E-state index is 13.1. The van der Waals surface area contributed by atoms with Gasteiger partial charge in [-0.05, 0) is 76.4 Å². The molecule has 0 saturated heterocycles. The van der Waals surface area contributed by atoms with Crippen molar-refractivity contribution in [3.63, 3.8) is 0 Å². The number of carboxylic acids is 1. The Hall–Kier alpha value is -4.94. The van der Waals surface area contributed by atoms with E-state index < -0.39 is 48.0 Å². The smallest absolute Gasteiger partial charge is 0.475 e. The molecule has 0 aliphatic rings. The molecule has 0 aliphatic heterocycles. The first-order valence-corrected chi connectivity index (χ1v) is 18.9. The first-order chi connectivity index (χ1) is 27.4. The number of rotatable bonds is 27. The van der Waals surface area contributed by atoms with Crippen LogP contribution in [0, 0.1) is 0 Å². The highest BCUT2D eigenvalue weighted by molar-refractivity contribution is 6.04. The number of hydrogen-bond donors (Lipinski definition) is 13. The summed E-state index contributed by atoms with van der Waals surface area (Å²) in [6, 6.07) is 1.90. The van der Waals surface area contributed by atoms with Crippen LogP contribution < -0.4 is 66.3 Å². The Labute approximate surface area is 335 Å². The summed E-state index contributed by atoms with van der Waals surface area (Å²) in [5, 5.41) is 23.1. The second-order valence-corrected chi connectivity index (χ2v) is 12.9. The third-order valence-corrected chi connectivity index (χ3v) is 8.01. The molecule has 0 aliphatic carbocycles. The summed E-state index contributed by atoms with van der Waals surface area (Å²) >= 11 is 0. The average Bonchev–Trinajstić information content (AvgIpc) is 3.18. The lowest BCUT2D eigenvalue weighted by Gasteiger charge is -2.14. The molecule has 58 heavy (non-hydrogen) atoms. The highest BCUT2D eigenvalue weighted by atomic mass is 19.4. The number of halogens is 3. The number of carbonyl (C=O) groups is 7. The molecule has 20 nitrogen and oxygen atoms in total. The van der Waals surface area contributed by atoms with Crippen molar-refractivity contribution in [1.82, 2.24) is 31.9 Å². The molecular weight excluding hydrogens is 773 g/mol. The van der Waals surface area contributed by atoms with Crippen LogP contribution in [-0.2, 0) is 19.2 Å². The highest BCUT2D eigenvalue weighted by Gasteiger charge is 2.38. The number of carboxylic acid groups (broad SMARTS) is 1. The minimum absolute atomic E-state index is 0.0196. The third-order valence-electron chi connectivity index (χ3n) is 8.01. The number of nitrogens with one attached hydrogen (secondary N) is 6. The fourth-order valence-corrected chi connectivity index (χ4v) is 4.72. The second-order valence-electron chi connectivity index (χ2n) is 12.9. The van der Waals surface area contributed by atoms with Gasteiger partial charge in [-0.2, -0.15) is 13.2 Å². The third kappa shape index (κ3) is 24.0. The van der Waals surface area contributed by atoms with Gasteiger partial charge in [0.05, 0.1) is 18.1 Å². The predicted molar refractivity (Wildman–Crippen MR) is 209 cm³/mol. The standard InChI is InChI=1S/C33H60N12O6.C2HF3O2/c34-10-4-1-7-25(37)31(49)43-16-13-40-28(46)22-19-23(29(47)41-14-17-44-32(50)26(38)8-2-5-11-35)21-24(20-22)30(48)42-15-18-45-33(51)27(39)9-3-6-12-36;3-2(4,5)1(6)7/h19-21,25-27H,1-18,34-39H2,(H,40,46)(H,41,47)(H,42,48)(H,43,49)(H,44,50)(H,45,51);(H,6,7). The Morgan fingerprint density at radius 3 is 0.914 bits per heavy atom. The van der Waals surface area contributed by atoms with Crippen molar-refractivity contribution in [2.45, 2.75) is 82.1 Å². The monoisotopic (exact) mass is 834 g/mol. The Morgan fingerprint density at radius 1 is 0.483 bits per heavy atom. The van der Waals surface area contributed by atoms with E-state index in [0.29, 0.717) is 38.9 Å². The molecule has 0 bridgehead atoms. The Kier molecular flexibility index (Phi) is 27.6. The van der Waals surface area contributed by atoms with E-state index in [1.807, 2.05) is 0 Å². The van der Waals surface area contributed by atoms with Crippen molar-refractivity contribution in [3.05, 3.63) is 34.9 Å². The quantitative estimate of drug-likeness (QED) is 0.0399.